The molecule has 0 unspecified atom stereocenters. The zero-order valence-corrected chi connectivity index (χ0v) is 21.1. The summed E-state index contributed by atoms with van der Waals surface area (Å²) in [5.41, 5.74) is 1.03. The molecular weight excluding hydrogens is 440 g/mol. The van der Waals surface area contributed by atoms with Crippen LogP contribution >= 0.6 is 0 Å². The normalized spacial score (nSPS) is 23.0. The largest absolute Gasteiger partial charge is 0.374 e. The van der Waals surface area contributed by atoms with Crippen LogP contribution in [-0.2, 0) is 19.6 Å². The van der Waals surface area contributed by atoms with Gasteiger partial charge in [0.15, 0.2) is 0 Å². The number of rotatable bonds is 10. The van der Waals surface area contributed by atoms with E-state index in [-0.39, 0.29) is 22.8 Å². The summed E-state index contributed by atoms with van der Waals surface area (Å²) < 4.78 is 33.7. The van der Waals surface area contributed by atoms with Gasteiger partial charge in [-0.25, -0.2) is 13.1 Å². The molecule has 0 spiro atoms. The first-order valence-corrected chi connectivity index (χ1v) is 13.6. The number of carbonyl (C=O) groups is 1. The Balaban J connectivity index is 1.39. The van der Waals surface area contributed by atoms with E-state index in [0.717, 1.165) is 44.6 Å². The molecular formula is C24H40N4O4S. The highest BCUT2D eigenvalue weighted by molar-refractivity contribution is 7.89. The Kier molecular flexibility index (Phi) is 9.69. The van der Waals surface area contributed by atoms with Gasteiger partial charge in [0.25, 0.3) is 0 Å². The van der Waals surface area contributed by atoms with Crippen molar-refractivity contribution in [1.82, 2.24) is 19.8 Å². The molecule has 2 aliphatic rings. The van der Waals surface area contributed by atoms with Crippen molar-refractivity contribution in [2.75, 3.05) is 59.0 Å². The van der Waals surface area contributed by atoms with Crippen molar-refractivity contribution in [2.24, 2.45) is 11.8 Å². The number of amides is 1. The molecule has 0 bridgehead atoms. The molecule has 0 aromatic heterocycles. The van der Waals surface area contributed by atoms with E-state index in [1.54, 1.807) is 24.3 Å². The maximum atomic E-state index is 12.6. The van der Waals surface area contributed by atoms with Crippen molar-refractivity contribution >= 4 is 15.9 Å². The van der Waals surface area contributed by atoms with Crippen LogP contribution in [0.1, 0.15) is 32.3 Å². The third-order valence-corrected chi connectivity index (χ3v) is 7.68. The summed E-state index contributed by atoms with van der Waals surface area (Å²) >= 11 is 0. The van der Waals surface area contributed by atoms with Gasteiger partial charge >= 0.3 is 0 Å². The first kappa shape index (κ1) is 26.1. The molecule has 1 aromatic carbocycles. The highest BCUT2D eigenvalue weighted by Gasteiger charge is 2.25. The van der Waals surface area contributed by atoms with Gasteiger partial charge in [-0.05, 0) is 50.3 Å². The minimum absolute atomic E-state index is 0.000434. The van der Waals surface area contributed by atoms with Crippen LogP contribution < -0.4 is 10.0 Å². The quantitative estimate of drug-likeness (QED) is 0.527. The van der Waals surface area contributed by atoms with Gasteiger partial charge in [-0.2, -0.15) is 0 Å². The number of hydrogen-bond donors (Lipinski definition) is 2. The molecule has 8 nitrogen and oxygen atoms in total. The molecule has 1 aromatic rings. The van der Waals surface area contributed by atoms with Crippen LogP contribution in [0.3, 0.4) is 0 Å². The van der Waals surface area contributed by atoms with Crippen molar-refractivity contribution in [3.63, 3.8) is 0 Å². The molecule has 3 rings (SSSR count). The molecule has 2 atom stereocenters. The Labute approximate surface area is 199 Å². The summed E-state index contributed by atoms with van der Waals surface area (Å²) in [5, 5.41) is 3.03. The lowest BCUT2D eigenvalue weighted by Gasteiger charge is -2.34. The van der Waals surface area contributed by atoms with Gasteiger partial charge in [0, 0.05) is 39.3 Å². The fourth-order valence-electron chi connectivity index (χ4n) is 4.56. The summed E-state index contributed by atoms with van der Waals surface area (Å²) in [7, 11) is -3.52. The van der Waals surface area contributed by atoms with E-state index >= 15 is 0 Å². The van der Waals surface area contributed by atoms with Crippen molar-refractivity contribution in [1.29, 1.82) is 0 Å². The summed E-state index contributed by atoms with van der Waals surface area (Å²) in [6.07, 6.45) is 1.95. The number of benzene rings is 1. The van der Waals surface area contributed by atoms with Crippen LogP contribution in [0, 0.1) is 18.8 Å². The Morgan fingerprint density at radius 3 is 2.61 bits per heavy atom. The van der Waals surface area contributed by atoms with Crippen LogP contribution in [-0.4, -0.2) is 89.2 Å². The lowest BCUT2D eigenvalue weighted by atomic mass is 9.98. The number of piperidine rings is 1. The van der Waals surface area contributed by atoms with Crippen LogP contribution in [0.5, 0.6) is 0 Å². The third-order valence-electron chi connectivity index (χ3n) is 6.24. The van der Waals surface area contributed by atoms with E-state index in [4.69, 9.17) is 4.74 Å². The van der Waals surface area contributed by atoms with Crippen molar-refractivity contribution in [2.45, 2.75) is 44.6 Å². The van der Waals surface area contributed by atoms with E-state index in [2.05, 4.69) is 33.7 Å². The predicted molar refractivity (Wildman–Crippen MR) is 130 cm³/mol. The summed E-state index contributed by atoms with van der Waals surface area (Å²) in [5.74, 6) is 0.810. The average Bonchev–Trinajstić information content (AvgIpc) is 2.77. The monoisotopic (exact) mass is 480 g/mol. The first-order valence-electron chi connectivity index (χ1n) is 12.1. The van der Waals surface area contributed by atoms with Gasteiger partial charge in [0.1, 0.15) is 0 Å². The van der Waals surface area contributed by atoms with E-state index in [1.165, 1.54) is 0 Å². The van der Waals surface area contributed by atoms with Gasteiger partial charge in [-0.3, -0.25) is 14.6 Å². The summed E-state index contributed by atoms with van der Waals surface area (Å²) in [4.78, 5) is 17.3. The zero-order valence-electron chi connectivity index (χ0n) is 20.3. The lowest BCUT2D eigenvalue weighted by Crippen LogP contribution is -2.50. The maximum Gasteiger partial charge on any atom is 0.240 e. The van der Waals surface area contributed by atoms with Crippen LogP contribution in [0.2, 0.25) is 0 Å². The average molecular weight is 481 g/mol. The Bertz CT molecular complexity index is 860. The zero-order chi connectivity index (χ0) is 23.8. The predicted octanol–water partition coefficient (Wildman–Crippen LogP) is 1.46. The molecule has 9 heteroatoms. The highest BCUT2D eigenvalue weighted by Crippen LogP contribution is 2.17. The maximum absolute atomic E-state index is 12.6. The topological polar surface area (TPSA) is 91.0 Å². The second kappa shape index (κ2) is 12.3. The third kappa shape index (κ3) is 8.64. The van der Waals surface area contributed by atoms with Crippen molar-refractivity contribution < 1.29 is 17.9 Å². The molecule has 0 radical (unpaired) electrons. The molecule has 33 heavy (non-hydrogen) atoms. The van der Waals surface area contributed by atoms with Crippen molar-refractivity contribution in [3.05, 3.63) is 29.8 Å². The number of ether oxygens (including phenoxy) is 1. The van der Waals surface area contributed by atoms with E-state index in [1.807, 2.05) is 6.92 Å². The highest BCUT2D eigenvalue weighted by atomic mass is 32.2. The fourth-order valence-corrected chi connectivity index (χ4v) is 5.68. The molecule has 1 amide bonds. The van der Waals surface area contributed by atoms with E-state index < -0.39 is 10.0 Å². The van der Waals surface area contributed by atoms with Crippen molar-refractivity contribution in [3.8, 4) is 0 Å². The number of nitrogens with zero attached hydrogens (tertiary/aromatic N) is 2. The van der Waals surface area contributed by atoms with Crippen LogP contribution in [0.4, 0.5) is 0 Å². The molecule has 2 aliphatic heterocycles. The Morgan fingerprint density at radius 1 is 1.12 bits per heavy atom. The number of nitrogens with one attached hydrogen (secondary N) is 2. The molecule has 2 heterocycles. The van der Waals surface area contributed by atoms with E-state index in [0.29, 0.717) is 38.7 Å². The van der Waals surface area contributed by atoms with Gasteiger partial charge in [-0.1, -0.05) is 31.5 Å². The van der Waals surface area contributed by atoms with E-state index in [9.17, 15) is 13.2 Å². The molecule has 2 N–H and O–H groups in total. The minimum Gasteiger partial charge on any atom is -0.374 e. The number of morpholine rings is 1. The molecule has 2 saturated heterocycles. The van der Waals surface area contributed by atoms with Crippen LogP contribution in [0.25, 0.3) is 0 Å². The number of carbonyl (C=O) groups excluding carboxylic acids is 1. The fraction of sp³-hybridized carbons (Fsp3) is 0.708. The second-order valence-electron chi connectivity index (χ2n) is 9.86. The van der Waals surface area contributed by atoms with Gasteiger partial charge < -0.3 is 10.1 Å². The molecule has 0 aliphatic carbocycles. The lowest BCUT2D eigenvalue weighted by molar-refractivity contribution is -0.123. The number of hydrogen-bond acceptors (Lipinski definition) is 6. The minimum atomic E-state index is -3.52. The molecule has 186 valence electrons. The Morgan fingerprint density at radius 2 is 1.88 bits per heavy atom. The molecule has 0 saturated carbocycles. The standard InChI is InChI=1S/C24H40N4O4S/c1-19(2)15-28-11-12-32-22(17-28)14-25-24(29)18-27-10-4-5-21(16-27)13-26-33(30,31)23-8-6-20(3)7-9-23/h6-9,19,21-22,26H,4-5,10-18H2,1-3H3,(H,25,29)/t21-,22+/m0/s1. The van der Waals surface area contributed by atoms with Gasteiger partial charge in [-0.15, -0.1) is 0 Å². The summed E-state index contributed by atoms with van der Waals surface area (Å²) in [6, 6.07) is 6.87. The smallest absolute Gasteiger partial charge is 0.240 e. The Hall–Kier alpha value is -1.52. The SMILES string of the molecule is Cc1ccc(S(=O)(=O)NC[C@@H]2CCCN(CC(=O)NC[C@@H]3CN(CC(C)C)CCO3)C2)cc1. The van der Waals surface area contributed by atoms with Crippen LogP contribution in [0.15, 0.2) is 29.2 Å². The number of sulfonamides is 1. The van der Waals surface area contributed by atoms with Gasteiger partial charge in [0.2, 0.25) is 15.9 Å². The second-order valence-corrected chi connectivity index (χ2v) is 11.6. The first-order chi connectivity index (χ1) is 15.7. The molecule has 2 fully saturated rings. The van der Waals surface area contributed by atoms with Gasteiger partial charge in [0.05, 0.1) is 24.2 Å². The number of likely N-dealkylation sites (tertiary alicyclic amines) is 1. The number of aryl methyl sites for hydroxylation is 1. The summed E-state index contributed by atoms with van der Waals surface area (Å²) in [6.45, 7) is 12.7.